The van der Waals surface area contributed by atoms with E-state index in [1.54, 1.807) is 0 Å². The van der Waals surface area contributed by atoms with Crippen molar-refractivity contribution in [1.82, 2.24) is 0 Å². The molecular weight excluding hydrogens is 503 g/mol. The Morgan fingerprint density at radius 2 is 0.825 bits per heavy atom. The number of hydrogen-bond acceptors (Lipinski definition) is 1. The molecule has 0 aromatic heterocycles. The Bertz CT molecular complexity index is 2440. The van der Waals surface area contributed by atoms with Crippen LogP contribution in [-0.2, 0) is 4.57 Å². The molecule has 0 amide bonds. The smallest absolute Gasteiger partial charge is 0.172 e. The molecule has 0 aliphatic carbocycles. The van der Waals surface area contributed by atoms with Crippen molar-refractivity contribution in [3.63, 3.8) is 0 Å². The minimum atomic E-state index is -3.32. The van der Waals surface area contributed by atoms with E-state index in [4.69, 9.17) is 0 Å². The Kier molecular flexibility index (Phi) is 4.38. The highest BCUT2D eigenvalue weighted by atomic mass is 31.2. The van der Waals surface area contributed by atoms with Crippen LogP contribution in [0.25, 0.3) is 64.6 Å². The van der Waals surface area contributed by atoms with Gasteiger partial charge in [-0.2, -0.15) is 0 Å². The molecule has 0 N–H and O–H groups in total. The Morgan fingerprint density at radius 1 is 0.350 bits per heavy atom. The maximum atomic E-state index is 16.2. The van der Waals surface area contributed by atoms with Crippen molar-refractivity contribution in [2.45, 2.75) is 0 Å². The topological polar surface area (TPSA) is 17.1 Å². The summed E-state index contributed by atoms with van der Waals surface area (Å²) in [5.74, 6) is 0. The van der Waals surface area contributed by atoms with Crippen LogP contribution in [0, 0.1) is 0 Å². The monoisotopic (exact) mass is 526 g/mol. The molecule has 0 saturated heterocycles. The highest BCUT2D eigenvalue weighted by molar-refractivity contribution is 7.86. The van der Waals surface area contributed by atoms with E-state index in [1.807, 2.05) is 30.3 Å². The molecule has 9 rings (SSSR count). The van der Waals surface area contributed by atoms with Gasteiger partial charge in [0.1, 0.15) is 0 Å². The lowest BCUT2D eigenvalue weighted by Gasteiger charge is -2.25. The predicted octanol–water partition coefficient (Wildman–Crippen LogP) is 9.12. The summed E-state index contributed by atoms with van der Waals surface area (Å²) < 4.78 is 16.2. The van der Waals surface area contributed by atoms with Gasteiger partial charge in [-0.15, -0.1) is 0 Å². The van der Waals surface area contributed by atoms with Gasteiger partial charge in [0.25, 0.3) is 0 Å². The lowest BCUT2D eigenvalue weighted by atomic mass is 9.94. The van der Waals surface area contributed by atoms with E-state index >= 15 is 4.57 Å². The quantitative estimate of drug-likeness (QED) is 0.166. The van der Waals surface area contributed by atoms with Crippen LogP contribution in [0.5, 0.6) is 0 Å². The van der Waals surface area contributed by atoms with Crippen LogP contribution < -0.4 is 15.9 Å². The van der Waals surface area contributed by atoms with Crippen LogP contribution in [0.1, 0.15) is 0 Å². The third-order valence-electron chi connectivity index (χ3n) is 8.79. The van der Waals surface area contributed by atoms with Crippen molar-refractivity contribution in [2.75, 3.05) is 0 Å². The molecule has 186 valence electrons. The molecule has 40 heavy (non-hydrogen) atoms. The molecule has 1 atom stereocenters. The van der Waals surface area contributed by atoms with Crippen molar-refractivity contribution in [3.05, 3.63) is 140 Å². The molecule has 1 unspecified atom stereocenters. The zero-order chi connectivity index (χ0) is 26.4. The minimum absolute atomic E-state index is 0.861. The fraction of sp³-hybridized carbons (Fsp3) is 0. The SMILES string of the molecule is O=P(c1ccccc1)(c1ccc2ccc3cccc4ccc1c2c34)c1cc2cccc3ccc4cccc1c4c32. The molecule has 9 aromatic carbocycles. The van der Waals surface area contributed by atoms with Gasteiger partial charge in [-0.05, 0) is 76.8 Å². The van der Waals surface area contributed by atoms with Gasteiger partial charge >= 0.3 is 0 Å². The van der Waals surface area contributed by atoms with Crippen molar-refractivity contribution in [3.8, 4) is 0 Å². The van der Waals surface area contributed by atoms with Crippen molar-refractivity contribution in [1.29, 1.82) is 0 Å². The van der Waals surface area contributed by atoms with Crippen LogP contribution in [0.3, 0.4) is 0 Å². The first-order valence-corrected chi connectivity index (χ1v) is 15.4. The maximum Gasteiger partial charge on any atom is 0.172 e. The van der Waals surface area contributed by atoms with Gasteiger partial charge in [-0.1, -0.05) is 127 Å². The Morgan fingerprint density at radius 3 is 1.50 bits per heavy atom. The van der Waals surface area contributed by atoms with E-state index in [9.17, 15) is 0 Å². The highest BCUT2D eigenvalue weighted by Gasteiger charge is 2.34. The second kappa shape index (κ2) is 7.92. The van der Waals surface area contributed by atoms with Gasteiger partial charge < -0.3 is 4.57 Å². The molecule has 1 nitrogen and oxygen atoms in total. The summed E-state index contributed by atoms with van der Waals surface area (Å²) in [6.07, 6.45) is 0. The zero-order valence-electron chi connectivity index (χ0n) is 21.6. The normalized spacial score (nSPS) is 13.8. The minimum Gasteiger partial charge on any atom is -0.309 e. The molecule has 0 heterocycles. The van der Waals surface area contributed by atoms with Crippen LogP contribution >= 0.6 is 7.14 Å². The largest absolute Gasteiger partial charge is 0.309 e. The highest BCUT2D eigenvalue weighted by Crippen LogP contribution is 2.49. The third kappa shape index (κ3) is 2.80. The van der Waals surface area contributed by atoms with E-state index in [2.05, 4.69) is 109 Å². The lowest BCUT2D eigenvalue weighted by molar-refractivity contribution is 0.593. The summed E-state index contributed by atoms with van der Waals surface area (Å²) in [5, 5.41) is 16.8. The molecule has 0 aliphatic rings. The number of benzene rings is 9. The number of hydrogen-bond donors (Lipinski definition) is 0. The summed E-state index contributed by atoms with van der Waals surface area (Å²) in [4.78, 5) is 0. The zero-order valence-corrected chi connectivity index (χ0v) is 22.5. The van der Waals surface area contributed by atoms with Crippen molar-refractivity contribution in [2.24, 2.45) is 0 Å². The first-order valence-electron chi connectivity index (χ1n) is 13.7. The molecule has 0 spiro atoms. The molecule has 2 heteroatoms. The lowest BCUT2D eigenvalue weighted by Crippen LogP contribution is -2.26. The molecule has 0 radical (unpaired) electrons. The van der Waals surface area contributed by atoms with E-state index in [0.717, 1.165) is 32.1 Å². The molecule has 0 bridgehead atoms. The average Bonchev–Trinajstić information content (AvgIpc) is 3.02. The molecule has 0 saturated carbocycles. The Balaban J connectivity index is 1.50. The van der Waals surface area contributed by atoms with Crippen molar-refractivity contribution >= 4 is 87.7 Å². The third-order valence-corrected chi connectivity index (χ3v) is 11.9. The van der Waals surface area contributed by atoms with Gasteiger partial charge in [0.15, 0.2) is 7.14 Å². The van der Waals surface area contributed by atoms with Crippen LogP contribution in [0.15, 0.2) is 140 Å². The van der Waals surface area contributed by atoms with Crippen LogP contribution in [0.4, 0.5) is 0 Å². The molecule has 0 aliphatic heterocycles. The summed E-state index contributed by atoms with van der Waals surface area (Å²) in [6.45, 7) is 0. The number of rotatable bonds is 3. The van der Waals surface area contributed by atoms with E-state index in [1.165, 1.54) is 48.5 Å². The molecule has 0 fully saturated rings. The van der Waals surface area contributed by atoms with Gasteiger partial charge in [0.05, 0.1) is 0 Å². The summed E-state index contributed by atoms with van der Waals surface area (Å²) >= 11 is 0. The summed E-state index contributed by atoms with van der Waals surface area (Å²) in [7, 11) is -3.32. The van der Waals surface area contributed by atoms with Gasteiger partial charge in [-0.25, -0.2) is 0 Å². The second-order valence-corrected chi connectivity index (χ2v) is 13.5. The average molecular weight is 527 g/mol. The fourth-order valence-electron chi connectivity index (χ4n) is 7.04. The van der Waals surface area contributed by atoms with Gasteiger partial charge in [-0.3, -0.25) is 0 Å². The van der Waals surface area contributed by atoms with Crippen LogP contribution in [0.2, 0.25) is 0 Å². The second-order valence-electron chi connectivity index (χ2n) is 10.8. The maximum absolute atomic E-state index is 16.2. The van der Waals surface area contributed by atoms with E-state index in [0.29, 0.717) is 0 Å². The Labute approximate surface area is 231 Å². The standard InChI is InChI=1S/C38H23OP/c39-40(30-12-2-1-3-13-30,33-22-20-28-18-16-24-7-4-8-26-19-21-32(33)38(28)35(24)26)34-23-29-11-5-9-25-15-17-27-10-6-14-31(34)37(27)36(25)29/h1-23H. The summed E-state index contributed by atoms with van der Waals surface area (Å²) in [5.41, 5.74) is 0. The molecule has 9 aromatic rings. The van der Waals surface area contributed by atoms with Gasteiger partial charge in [0, 0.05) is 15.9 Å². The van der Waals surface area contributed by atoms with Gasteiger partial charge in [0.2, 0.25) is 0 Å². The predicted molar refractivity (Wildman–Crippen MR) is 173 cm³/mol. The summed E-state index contributed by atoms with van der Waals surface area (Å²) in [6, 6.07) is 49.1. The first kappa shape index (κ1) is 22.1. The van der Waals surface area contributed by atoms with Crippen LogP contribution in [-0.4, -0.2) is 0 Å². The van der Waals surface area contributed by atoms with E-state index in [-0.39, 0.29) is 0 Å². The fourth-order valence-corrected chi connectivity index (χ4v) is 10.1. The van der Waals surface area contributed by atoms with E-state index < -0.39 is 7.14 Å². The molecular formula is C38H23OP. The Hall–Kier alpha value is -4.71. The van der Waals surface area contributed by atoms with Crippen molar-refractivity contribution < 1.29 is 4.57 Å². The first-order chi connectivity index (χ1) is 19.7.